The van der Waals surface area contributed by atoms with Crippen molar-refractivity contribution in [3.8, 4) is 5.95 Å². The molecule has 1 atom stereocenters. The van der Waals surface area contributed by atoms with Gasteiger partial charge in [0.1, 0.15) is 6.33 Å². The number of sulfone groups is 1. The number of carbonyl (C=O) groups excluding carboxylic acids is 1. The van der Waals surface area contributed by atoms with Crippen LogP contribution in [-0.2, 0) is 9.84 Å². The summed E-state index contributed by atoms with van der Waals surface area (Å²) in [6, 6.07) is 4.96. The van der Waals surface area contributed by atoms with Crippen LogP contribution in [0.25, 0.3) is 5.95 Å². The molecule has 0 aliphatic heterocycles. The predicted molar refractivity (Wildman–Crippen MR) is 109 cm³/mol. The van der Waals surface area contributed by atoms with Gasteiger partial charge >= 0.3 is 5.51 Å². The number of halogens is 3. The number of benzene rings is 1. The zero-order valence-electron chi connectivity index (χ0n) is 17.3. The third-order valence-corrected chi connectivity index (χ3v) is 6.75. The van der Waals surface area contributed by atoms with E-state index in [1.54, 1.807) is 13.0 Å². The first-order chi connectivity index (χ1) is 15.6. The van der Waals surface area contributed by atoms with Gasteiger partial charge in [-0.3, -0.25) is 4.79 Å². The van der Waals surface area contributed by atoms with Crippen molar-refractivity contribution in [2.75, 3.05) is 6.54 Å². The van der Waals surface area contributed by atoms with Crippen molar-refractivity contribution in [1.82, 2.24) is 29.6 Å². The molecule has 1 aliphatic rings. The molecule has 0 radical (unpaired) electrons. The highest BCUT2D eigenvalue weighted by Crippen LogP contribution is 2.34. The Morgan fingerprint density at radius 1 is 1.18 bits per heavy atom. The summed E-state index contributed by atoms with van der Waals surface area (Å²) in [5, 5.41) is 4.13. The second-order valence-corrected chi connectivity index (χ2v) is 9.57. The summed E-state index contributed by atoms with van der Waals surface area (Å²) in [6.45, 7) is 2.04. The zero-order valence-corrected chi connectivity index (χ0v) is 18.2. The van der Waals surface area contributed by atoms with E-state index in [0.29, 0.717) is 12.4 Å². The van der Waals surface area contributed by atoms with Gasteiger partial charge in [-0.2, -0.15) is 23.0 Å². The van der Waals surface area contributed by atoms with Gasteiger partial charge in [0.05, 0.1) is 10.9 Å². The van der Waals surface area contributed by atoms with Crippen LogP contribution < -0.4 is 0 Å². The number of hydrogen-bond donors (Lipinski definition) is 0. The van der Waals surface area contributed by atoms with E-state index in [0.717, 1.165) is 31.0 Å². The van der Waals surface area contributed by atoms with Gasteiger partial charge in [0.15, 0.2) is 5.82 Å². The van der Waals surface area contributed by atoms with Crippen LogP contribution in [0.4, 0.5) is 13.2 Å². The Balaban J connectivity index is 1.69. The van der Waals surface area contributed by atoms with Crippen LogP contribution in [0.1, 0.15) is 42.0 Å². The monoisotopic (exact) mass is 480 g/mol. The fourth-order valence-corrected chi connectivity index (χ4v) is 4.13. The molecule has 2 heterocycles. The maximum atomic E-state index is 13.4. The Morgan fingerprint density at radius 2 is 1.88 bits per heavy atom. The van der Waals surface area contributed by atoms with Crippen LogP contribution in [0.15, 0.2) is 53.9 Å². The smallest absolute Gasteiger partial charge is 0.328 e. The van der Waals surface area contributed by atoms with Gasteiger partial charge in [0.2, 0.25) is 0 Å². The molecule has 0 unspecified atom stereocenters. The van der Waals surface area contributed by atoms with Gasteiger partial charge in [0.25, 0.3) is 21.7 Å². The summed E-state index contributed by atoms with van der Waals surface area (Å²) in [5.41, 5.74) is -5.64. The van der Waals surface area contributed by atoms with E-state index in [2.05, 4.69) is 20.1 Å². The van der Waals surface area contributed by atoms with Crippen molar-refractivity contribution in [2.45, 2.75) is 36.2 Å². The average Bonchev–Trinajstić information content (AvgIpc) is 3.48. The molecular formula is C20H19F3N6O3S. The number of carbonyl (C=O) groups is 1. The minimum absolute atomic E-state index is 0.171. The number of amides is 1. The minimum atomic E-state index is -5.59. The first kappa shape index (κ1) is 22.8. The first-order valence-electron chi connectivity index (χ1n) is 9.99. The summed E-state index contributed by atoms with van der Waals surface area (Å²) in [6.07, 6.45) is 6.16. The molecule has 1 aliphatic carbocycles. The highest BCUT2D eigenvalue weighted by molar-refractivity contribution is 7.92. The van der Waals surface area contributed by atoms with Crippen LogP contribution in [0.3, 0.4) is 0 Å². The quantitative estimate of drug-likeness (QED) is 0.511. The van der Waals surface area contributed by atoms with Crippen LogP contribution in [0, 0.1) is 5.92 Å². The van der Waals surface area contributed by atoms with Crippen molar-refractivity contribution in [1.29, 1.82) is 0 Å². The number of rotatable bonds is 7. The molecule has 0 N–H and O–H groups in total. The van der Waals surface area contributed by atoms with Crippen molar-refractivity contribution in [3.05, 3.63) is 60.4 Å². The van der Waals surface area contributed by atoms with Crippen molar-refractivity contribution in [2.24, 2.45) is 5.92 Å². The van der Waals surface area contributed by atoms with Gasteiger partial charge in [-0.1, -0.05) is 6.07 Å². The Bertz CT molecular complexity index is 1260. The standard InChI is InChI=1S/C20H19F3N6O3S/c1-13(17-26-12-27-29(17)19-24-8-3-9-25-19)28(11-14-6-7-14)18(30)15-4-2-5-16(10-15)33(31,32)20(21,22)23/h2-5,8-10,12-14H,6-7,11H2,1H3/t13-/m0/s1. The minimum Gasteiger partial charge on any atom is -0.328 e. The molecule has 33 heavy (non-hydrogen) atoms. The topological polar surface area (TPSA) is 111 Å². The lowest BCUT2D eigenvalue weighted by Gasteiger charge is -2.29. The van der Waals surface area contributed by atoms with E-state index in [9.17, 15) is 26.4 Å². The van der Waals surface area contributed by atoms with Crippen LogP contribution >= 0.6 is 0 Å². The first-order valence-corrected chi connectivity index (χ1v) is 11.5. The Kier molecular flexibility index (Phi) is 5.91. The van der Waals surface area contributed by atoms with Gasteiger partial charge < -0.3 is 4.90 Å². The molecule has 1 aromatic carbocycles. The lowest BCUT2D eigenvalue weighted by atomic mass is 10.1. The van der Waals surface area contributed by atoms with Gasteiger partial charge in [0, 0.05) is 24.5 Å². The Labute approximate surface area is 187 Å². The molecule has 0 bridgehead atoms. The molecule has 2 aromatic heterocycles. The lowest BCUT2D eigenvalue weighted by Crippen LogP contribution is -2.37. The summed E-state index contributed by atoms with van der Waals surface area (Å²) >= 11 is 0. The maximum Gasteiger partial charge on any atom is 0.501 e. The second-order valence-electron chi connectivity index (χ2n) is 7.63. The van der Waals surface area contributed by atoms with Crippen LogP contribution in [0.5, 0.6) is 0 Å². The summed E-state index contributed by atoms with van der Waals surface area (Å²) in [5.74, 6) is 0.225. The number of nitrogens with zero attached hydrogens (tertiary/aromatic N) is 6. The molecular weight excluding hydrogens is 461 g/mol. The Hall–Kier alpha value is -3.35. The van der Waals surface area contributed by atoms with E-state index in [1.165, 1.54) is 34.4 Å². The number of aromatic nitrogens is 5. The molecule has 174 valence electrons. The fourth-order valence-electron chi connectivity index (χ4n) is 3.32. The summed E-state index contributed by atoms with van der Waals surface area (Å²) in [7, 11) is -5.59. The molecule has 4 rings (SSSR count). The zero-order chi connectivity index (χ0) is 23.8. The van der Waals surface area contributed by atoms with Gasteiger partial charge in [-0.25, -0.2) is 23.4 Å². The molecule has 0 saturated heterocycles. The van der Waals surface area contributed by atoms with E-state index in [-0.39, 0.29) is 17.4 Å². The van der Waals surface area contributed by atoms with E-state index < -0.39 is 32.2 Å². The highest BCUT2D eigenvalue weighted by Gasteiger charge is 2.47. The third kappa shape index (κ3) is 4.58. The van der Waals surface area contributed by atoms with E-state index >= 15 is 0 Å². The normalized spacial score (nSPS) is 15.3. The van der Waals surface area contributed by atoms with Crippen LogP contribution in [0.2, 0.25) is 0 Å². The summed E-state index contributed by atoms with van der Waals surface area (Å²) in [4.78, 5) is 26.4. The van der Waals surface area contributed by atoms with Crippen LogP contribution in [-0.4, -0.2) is 56.0 Å². The lowest BCUT2D eigenvalue weighted by molar-refractivity contribution is -0.0436. The second kappa shape index (κ2) is 8.54. The van der Waals surface area contributed by atoms with Crippen molar-refractivity contribution < 1.29 is 26.4 Å². The number of hydrogen-bond acceptors (Lipinski definition) is 7. The molecule has 0 spiro atoms. The molecule has 1 saturated carbocycles. The molecule has 13 heteroatoms. The molecule has 1 fully saturated rings. The van der Waals surface area contributed by atoms with Crippen molar-refractivity contribution >= 4 is 15.7 Å². The van der Waals surface area contributed by atoms with Crippen molar-refractivity contribution in [3.63, 3.8) is 0 Å². The van der Waals surface area contributed by atoms with Gasteiger partial charge in [-0.15, -0.1) is 0 Å². The predicted octanol–water partition coefficient (Wildman–Crippen LogP) is 2.96. The fraction of sp³-hybridized carbons (Fsp3) is 0.350. The molecule has 1 amide bonds. The maximum absolute atomic E-state index is 13.4. The Morgan fingerprint density at radius 3 is 2.52 bits per heavy atom. The largest absolute Gasteiger partial charge is 0.501 e. The number of alkyl halides is 3. The average molecular weight is 480 g/mol. The van der Waals surface area contributed by atoms with E-state index in [4.69, 9.17) is 0 Å². The van der Waals surface area contributed by atoms with E-state index in [1.807, 2.05) is 0 Å². The molecule has 3 aromatic rings. The summed E-state index contributed by atoms with van der Waals surface area (Å²) < 4.78 is 64.0. The van der Waals surface area contributed by atoms with Gasteiger partial charge in [-0.05, 0) is 49.9 Å². The SMILES string of the molecule is C[C@@H](c1ncnn1-c1ncccn1)N(CC1CC1)C(=O)c1cccc(S(=O)(=O)C(F)(F)F)c1. The third-order valence-electron chi connectivity index (χ3n) is 5.27. The molecule has 9 nitrogen and oxygen atoms in total. The highest BCUT2D eigenvalue weighted by atomic mass is 32.2.